The van der Waals surface area contributed by atoms with Gasteiger partial charge in [0.2, 0.25) is 10.3 Å². The van der Waals surface area contributed by atoms with Crippen LogP contribution in [0.5, 0.6) is 0 Å². The fourth-order valence-electron chi connectivity index (χ4n) is 2.76. The number of hydrogen-bond donors (Lipinski definition) is 2. The molecule has 2 N–H and O–H groups in total. The zero-order chi connectivity index (χ0) is 20.2. The molecule has 0 saturated carbocycles. The average molecular weight is 430 g/mol. The first-order valence-corrected chi connectivity index (χ1v) is 10.7. The second-order valence-electron chi connectivity index (χ2n) is 6.20. The second-order valence-corrected chi connectivity index (χ2v) is 8.26. The van der Waals surface area contributed by atoms with Gasteiger partial charge in [-0.2, -0.15) is 10.2 Å². The van der Waals surface area contributed by atoms with Crippen LogP contribution in [0.1, 0.15) is 11.4 Å². The molecule has 3 heterocycles. The van der Waals surface area contributed by atoms with Gasteiger partial charge in [0.05, 0.1) is 44.3 Å². The maximum Gasteiger partial charge on any atom is 0.204 e. The highest BCUT2D eigenvalue weighted by molar-refractivity contribution is 7.22. The number of pyridine rings is 1. The number of nitrogens with one attached hydrogen (secondary N) is 2. The van der Waals surface area contributed by atoms with Crippen LogP contribution in [0.15, 0.2) is 76.9 Å². The smallest absolute Gasteiger partial charge is 0.204 e. The molecule has 0 aliphatic heterocycles. The highest BCUT2D eigenvalue weighted by atomic mass is 32.1. The molecule has 0 atom stereocenters. The van der Waals surface area contributed by atoms with Gasteiger partial charge < -0.3 is 0 Å². The summed E-state index contributed by atoms with van der Waals surface area (Å²) in [6.45, 7) is 0. The number of fused-ring (bicyclic) bond motifs is 2. The van der Waals surface area contributed by atoms with E-state index in [0.29, 0.717) is 11.4 Å². The van der Waals surface area contributed by atoms with Gasteiger partial charge in [0.1, 0.15) is 0 Å². The Morgan fingerprint density at radius 2 is 1.10 bits per heavy atom. The van der Waals surface area contributed by atoms with E-state index < -0.39 is 0 Å². The molecule has 146 valence electrons. The largest absolute Gasteiger partial charge is 0.253 e. The highest BCUT2D eigenvalue weighted by Crippen LogP contribution is 2.26. The molecule has 0 aliphatic rings. The van der Waals surface area contributed by atoms with Crippen molar-refractivity contribution in [2.45, 2.75) is 0 Å². The van der Waals surface area contributed by atoms with Gasteiger partial charge >= 0.3 is 0 Å². The topological polar surface area (TPSA) is 87.5 Å². The van der Waals surface area contributed by atoms with Gasteiger partial charge in [0.25, 0.3) is 0 Å². The Labute approximate surface area is 179 Å². The lowest BCUT2D eigenvalue weighted by Gasteiger charge is -1.97. The Bertz CT molecular complexity index is 1200. The summed E-state index contributed by atoms with van der Waals surface area (Å²) < 4.78 is 2.24. The van der Waals surface area contributed by atoms with Crippen molar-refractivity contribution in [3.63, 3.8) is 0 Å². The van der Waals surface area contributed by atoms with E-state index >= 15 is 0 Å². The number of rotatable bonds is 6. The molecule has 0 saturated heterocycles. The summed E-state index contributed by atoms with van der Waals surface area (Å²) in [5.74, 6) is 0. The first-order valence-electron chi connectivity index (χ1n) is 9.10. The molecule has 0 amide bonds. The normalized spacial score (nSPS) is 11.7. The van der Waals surface area contributed by atoms with Crippen molar-refractivity contribution in [2.75, 3.05) is 10.9 Å². The van der Waals surface area contributed by atoms with Gasteiger partial charge in [-0.25, -0.2) is 15.0 Å². The molecule has 9 heteroatoms. The van der Waals surface area contributed by atoms with Crippen molar-refractivity contribution in [1.82, 2.24) is 15.0 Å². The van der Waals surface area contributed by atoms with Crippen molar-refractivity contribution in [1.29, 1.82) is 0 Å². The van der Waals surface area contributed by atoms with E-state index in [0.717, 1.165) is 30.7 Å². The standard InChI is InChI=1S/C21H15N7S2/c1-3-10-18-16(8-1)25-20(29-18)27-22-12-14-6-5-7-15(24-14)13-23-28-21-26-17-9-2-4-11-19(17)30-21/h1-13H,(H,25,27)(H,26,28)/b22-12+,23-13+. The first-order chi connectivity index (χ1) is 14.8. The molecule has 3 aromatic heterocycles. The predicted octanol–water partition coefficient (Wildman–Crippen LogP) is 5.19. The molecule has 0 aliphatic carbocycles. The third-order valence-electron chi connectivity index (χ3n) is 4.09. The molecule has 5 rings (SSSR count). The van der Waals surface area contributed by atoms with Crippen LogP contribution in [-0.2, 0) is 0 Å². The second kappa shape index (κ2) is 8.36. The van der Waals surface area contributed by atoms with Crippen molar-refractivity contribution < 1.29 is 0 Å². The van der Waals surface area contributed by atoms with Gasteiger partial charge in [-0.15, -0.1) is 0 Å². The Balaban J connectivity index is 1.23. The summed E-state index contributed by atoms with van der Waals surface area (Å²) in [5, 5.41) is 9.97. The first kappa shape index (κ1) is 18.3. The van der Waals surface area contributed by atoms with Gasteiger partial charge in [-0.1, -0.05) is 53.0 Å². The molecular formula is C21H15N7S2. The lowest BCUT2D eigenvalue weighted by molar-refractivity contribution is 1.24. The van der Waals surface area contributed by atoms with Crippen LogP contribution in [0.2, 0.25) is 0 Å². The molecule has 2 aromatic carbocycles. The number of hydrogen-bond acceptors (Lipinski definition) is 9. The summed E-state index contributed by atoms with van der Waals surface area (Å²) in [6.07, 6.45) is 3.31. The quantitative estimate of drug-likeness (QED) is 0.286. The summed E-state index contributed by atoms with van der Waals surface area (Å²) in [7, 11) is 0. The van der Waals surface area contributed by atoms with Crippen LogP contribution in [0, 0.1) is 0 Å². The fourth-order valence-corrected chi connectivity index (χ4v) is 4.39. The van der Waals surface area contributed by atoms with Crippen molar-refractivity contribution in [3.8, 4) is 0 Å². The highest BCUT2D eigenvalue weighted by Gasteiger charge is 2.02. The molecule has 5 aromatic rings. The Hall–Kier alpha value is -3.69. The van der Waals surface area contributed by atoms with Crippen LogP contribution < -0.4 is 10.9 Å². The van der Waals surface area contributed by atoms with E-state index in [9.17, 15) is 0 Å². The summed E-state index contributed by atoms with van der Waals surface area (Å²) in [5.41, 5.74) is 9.27. The van der Waals surface area contributed by atoms with Gasteiger partial charge in [-0.3, -0.25) is 10.9 Å². The van der Waals surface area contributed by atoms with Crippen molar-refractivity contribution >= 4 is 65.8 Å². The SMILES string of the molecule is C(=N\Nc1nc2ccccc2s1)/c1cccc(/C=N/Nc2nc3ccccc3s2)n1. The lowest BCUT2D eigenvalue weighted by Crippen LogP contribution is -1.97. The number of nitrogens with zero attached hydrogens (tertiary/aromatic N) is 5. The third-order valence-corrected chi connectivity index (χ3v) is 5.98. The number of thiazole rings is 2. The molecule has 0 radical (unpaired) electrons. The van der Waals surface area contributed by atoms with Gasteiger partial charge in [-0.05, 0) is 36.4 Å². The van der Waals surface area contributed by atoms with Crippen LogP contribution in [0.4, 0.5) is 10.3 Å². The van der Waals surface area contributed by atoms with Crippen LogP contribution >= 0.6 is 22.7 Å². The maximum absolute atomic E-state index is 4.51. The van der Waals surface area contributed by atoms with Crippen LogP contribution in [0.3, 0.4) is 0 Å². The molecule has 7 nitrogen and oxygen atoms in total. The van der Waals surface area contributed by atoms with E-state index in [4.69, 9.17) is 0 Å². The zero-order valence-corrected chi connectivity index (χ0v) is 17.2. The molecule has 30 heavy (non-hydrogen) atoms. The number of aromatic nitrogens is 3. The Morgan fingerprint density at radius 3 is 1.60 bits per heavy atom. The average Bonchev–Trinajstić information content (AvgIpc) is 3.37. The van der Waals surface area contributed by atoms with E-state index in [1.165, 1.54) is 0 Å². The minimum absolute atomic E-state index is 0.715. The van der Waals surface area contributed by atoms with Gasteiger partial charge in [0, 0.05) is 0 Å². The summed E-state index contributed by atoms with van der Waals surface area (Å²) in [6, 6.07) is 21.6. The lowest BCUT2D eigenvalue weighted by atomic mass is 10.3. The number of para-hydroxylation sites is 2. The number of hydrazone groups is 2. The Kier molecular flexibility index (Phi) is 5.11. The van der Waals surface area contributed by atoms with Crippen molar-refractivity contribution in [2.24, 2.45) is 10.2 Å². The minimum atomic E-state index is 0.715. The third kappa shape index (κ3) is 4.17. The van der Waals surface area contributed by atoms with Gasteiger partial charge in [0.15, 0.2) is 0 Å². The minimum Gasteiger partial charge on any atom is -0.253 e. The van der Waals surface area contributed by atoms with Crippen molar-refractivity contribution in [3.05, 3.63) is 78.1 Å². The van der Waals surface area contributed by atoms with E-state index in [1.807, 2.05) is 66.7 Å². The zero-order valence-electron chi connectivity index (χ0n) is 15.6. The number of anilines is 2. The molecular weight excluding hydrogens is 414 g/mol. The Morgan fingerprint density at radius 1 is 0.600 bits per heavy atom. The molecule has 0 spiro atoms. The van der Waals surface area contributed by atoms with E-state index in [2.05, 4.69) is 36.0 Å². The van der Waals surface area contributed by atoms with E-state index in [-0.39, 0.29) is 0 Å². The maximum atomic E-state index is 4.51. The monoisotopic (exact) mass is 429 g/mol. The van der Waals surface area contributed by atoms with Crippen LogP contribution in [0.25, 0.3) is 20.4 Å². The molecule has 0 bridgehead atoms. The van der Waals surface area contributed by atoms with E-state index in [1.54, 1.807) is 35.1 Å². The molecule has 0 unspecified atom stereocenters. The molecule has 0 fully saturated rings. The summed E-state index contributed by atoms with van der Waals surface area (Å²) in [4.78, 5) is 13.5. The fraction of sp³-hybridized carbons (Fsp3) is 0. The predicted molar refractivity (Wildman–Crippen MR) is 126 cm³/mol. The van der Waals surface area contributed by atoms with Crippen LogP contribution in [-0.4, -0.2) is 27.4 Å². The number of benzene rings is 2. The summed E-state index contributed by atoms with van der Waals surface area (Å²) >= 11 is 3.11.